The number of para-hydroxylation sites is 1. The fourth-order valence-corrected chi connectivity index (χ4v) is 2.53. The Morgan fingerprint density at radius 3 is 2.52 bits per heavy atom. The fourth-order valence-electron chi connectivity index (χ4n) is 2.53. The van der Waals surface area contributed by atoms with Crippen molar-refractivity contribution in [2.75, 3.05) is 7.05 Å². The topological polar surface area (TPSA) is 61.9 Å². The van der Waals surface area contributed by atoms with Gasteiger partial charge in [0.1, 0.15) is 0 Å². The van der Waals surface area contributed by atoms with Gasteiger partial charge in [0.05, 0.1) is 29.9 Å². The van der Waals surface area contributed by atoms with Gasteiger partial charge in [-0.3, -0.25) is 4.79 Å². The zero-order valence-corrected chi connectivity index (χ0v) is 14.0. The monoisotopic (exact) mass is 330 g/mol. The minimum Gasteiger partial charge on any atom is -0.341 e. The van der Waals surface area contributed by atoms with Crippen molar-refractivity contribution in [3.05, 3.63) is 83.7 Å². The van der Waals surface area contributed by atoms with Crippen LogP contribution in [0.5, 0.6) is 0 Å². The van der Waals surface area contributed by atoms with E-state index in [1.165, 1.54) is 0 Å². The first-order chi connectivity index (χ1) is 12.2. The number of likely N-dealkylation sites (N-methyl/N-ethyl adjacent to an activating group) is 1. The van der Waals surface area contributed by atoms with E-state index in [9.17, 15) is 4.79 Å². The van der Waals surface area contributed by atoms with Crippen LogP contribution in [0.4, 0.5) is 0 Å². The van der Waals surface area contributed by atoms with Gasteiger partial charge in [0.15, 0.2) is 0 Å². The number of hydrogen-bond donors (Lipinski definition) is 0. The molecule has 0 aliphatic rings. The van der Waals surface area contributed by atoms with Crippen LogP contribution in [0.15, 0.2) is 67.0 Å². The number of amides is 1. The van der Waals surface area contributed by atoms with E-state index >= 15 is 0 Å². The molecule has 2 aromatic carbocycles. The highest BCUT2D eigenvalue weighted by atomic mass is 16.2. The number of aromatic nitrogens is 2. The van der Waals surface area contributed by atoms with E-state index in [0.29, 0.717) is 18.5 Å². The minimum absolute atomic E-state index is 0.0250. The average molecular weight is 330 g/mol. The van der Waals surface area contributed by atoms with Gasteiger partial charge in [0, 0.05) is 19.8 Å². The van der Waals surface area contributed by atoms with Gasteiger partial charge in [-0.05, 0) is 35.4 Å². The SMILES string of the molecule is CN(Cc1ccc(C#N)cc1)C(=O)Cc1cnn(-c2ccccc2)c1. The summed E-state index contributed by atoms with van der Waals surface area (Å²) in [4.78, 5) is 14.1. The second-order valence-corrected chi connectivity index (χ2v) is 5.86. The normalized spacial score (nSPS) is 10.2. The maximum atomic E-state index is 12.4. The van der Waals surface area contributed by atoms with Gasteiger partial charge >= 0.3 is 0 Å². The van der Waals surface area contributed by atoms with Gasteiger partial charge in [-0.2, -0.15) is 10.4 Å². The zero-order chi connectivity index (χ0) is 17.6. The molecule has 0 saturated carbocycles. The predicted molar refractivity (Wildman–Crippen MR) is 94.9 cm³/mol. The number of carbonyl (C=O) groups excluding carboxylic acids is 1. The molecule has 0 radical (unpaired) electrons. The lowest BCUT2D eigenvalue weighted by Crippen LogP contribution is -2.27. The van der Waals surface area contributed by atoms with Crippen molar-refractivity contribution in [1.29, 1.82) is 5.26 Å². The number of hydrogen-bond acceptors (Lipinski definition) is 3. The molecule has 0 aliphatic carbocycles. The summed E-state index contributed by atoms with van der Waals surface area (Å²) in [5, 5.41) is 13.1. The quantitative estimate of drug-likeness (QED) is 0.722. The summed E-state index contributed by atoms with van der Waals surface area (Å²) in [5.41, 5.74) is 3.45. The van der Waals surface area contributed by atoms with E-state index in [0.717, 1.165) is 16.8 Å². The summed E-state index contributed by atoms with van der Waals surface area (Å²) in [5.74, 6) is 0.0250. The summed E-state index contributed by atoms with van der Waals surface area (Å²) in [6.45, 7) is 0.511. The molecule has 0 spiro atoms. The van der Waals surface area contributed by atoms with Crippen molar-refractivity contribution >= 4 is 5.91 Å². The molecule has 0 bridgehead atoms. The van der Waals surface area contributed by atoms with Crippen molar-refractivity contribution in [3.63, 3.8) is 0 Å². The number of benzene rings is 2. The van der Waals surface area contributed by atoms with E-state index < -0.39 is 0 Å². The van der Waals surface area contributed by atoms with Crippen LogP contribution in [0.2, 0.25) is 0 Å². The Bertz CT molecular complexity index is 891. The highest BCUT2D eigenvalue weighted by Crippen LogP contribution is 2.11. The number of nitrogens with zero attached hydrogens (tertiary/aromatic N) is 4. The molecule has 0 N–H and O–H groups in total. The van der Waals surface area contributed by atoms with Crippen LogP contribution in [-0.2, 0) is 17.8 Å². The molecule has 0 atom stereocenters. The maximum Gasteiger partial charge on any atom is 0.227 e. The largest absolute Gasteiger partial charge is 0.341 e. The molecule has 0 aliphatic heterocycles. The molecular formula is C20H18N4O. The van der Waals surface area contributed by atoms with Gasteiger partial charge in [-0.1, -0.05) is 30.3 Å². The van der Waals surface area contributed by atoms with Crippen molar-refractivity contribution in [3.8, 4) is 11.8 Å². The van der Waals surface area contributed by atoms with Gasteiger partial charge in [-0.15, -0.1) is 0 Å². The van der Waals surface area contributed by atoms with Gasteiger partial charge < -0.3 is 4.90 Å². The predicted octanol–water partition coefficient (Wildman–Crippen LogP) is 2.95. The molecule has 1 heterocycles. The summed E-state index contributed by atoms with van der Waals surface area (Å²) >= 11 is 0. The Morgan fingerprint density at radius 2 is 1.84 bits per heavy atom. The van der Waals surface area contributed by atoms with Gasteiger partial charge in [0.2, 0.25) is 5.91 Å². The van der Waals surface area contributed by atoms with Crippen molar-refractivity contribution in [2.45, 2.75) is 13.0 Å². The smallest absolute Gasteiger partial charge is 0.227 e. The fraction of sp³-hybridized carbons (Fsp3) is 0.150. The molecular weight excluding hydrogens is 312 g/mol. The van der Waals surface area contributed by atoms with Crippen molar-refractivity contribution in [1.82, 2.24) is 14.7 Å². The Hall–Kier alpha value is -3.39. The number of rotatable bonds is 5. The molecule has 25 heavy (non-hydrogen) atoms. The van der Waals surface area contributed by atoms with E-state index in [1.54, 1.807) is 35.0 Å². The third-order valence-corrected chi connectivity index (χ3v) is 3.94. The lowest BCUT2D eigenvalue weighted by molar-refractivity contribution is -0.129. The van der Waals surface area contributed by atoms with Gasteiger partial charge in [0.25, 0.3) is 0 Å². The number of carbonyl (C=O) groups is 1. The second-order valence-electron chi connectivity index (χ2n) is 5.86. The maximum absolute atomic E-state index is 12.4. The summed E-state index contributed by atoms with van der Waals surface area (Å²) in [6, 6.07) is 19.1. The van der Waals surface area contributed by atoms with Crippen LogP contribution in [0.25, 0.3) is 5.69 Å². The third kappa shape index (κ3) is 4.12. The average Bonchev–Trinajstić information content (AvgIpc) is 3.11. The molecule has 0 saturated heterocycles. The molecule has 5 heteroatoms. The Morgan fingerprint density at radius 1 is 1.12 bits per heavy atom. The first-order valence-electron chi connectivity index (χ1n) is 7.97. The third-order valence-electron chi connectivity index (χ3n) is 3.94. The molecule has 3 rings (SSSR count). The Kier molecular flexibility index (Phi) is 4.91. The first kappa shape index (κ1) is 16.5. The van der Waals surface area contributed by atoms with E-state index in [-0.39, 0.29) is 5.91 Å². The zero-order valence-electron chi connectivity index (χ0n) is 14.0. The van der Waals surface area contributed by atoms with Crippen LogP contribution in [0.1, 0.15) is 16.7 Å². The van der Waals surface area contributed by atoms with Crippen molar-refractivity contribution in [2.24, 2.45) is 0 Å². The highest BCUT2D eigenvalue weighted by Gasteiger charge is 2.12. The molecule has 0 fully saturated rings. The van der Waals surface area contributed by atoms with Crippen LogP contribution < -0.4 is 0 Å². The number of nitriles is 1. The second kappa shape index (κ2) is 7.45. The molecule has 1 amide bonds. The van der Waals surface area contributed by atoms with Crippen LogP contribution in [-0.4, -0.2) is 27.6 Å². The Labute approximate surface area is 146 Å². The highest BCUT2D eigenvalue weighted by molar-refractivity contribution is 5.78. The first-order valence-corrected chi connectivity index (χ1v) is 7.97. The standard InChI is InChI=1S/C20H18N4O/c1-23(14-17-9-7-16(12-21)8-10-17)20(25)11-18-13-22-24(15-18)19-5-3-2-4-6-19/h2-10,13,15H,11,14H2,1H3. The van der Waals surface area contributed by atoms with Crippen LogP contribution >= 0.6 is 0 Å². The van der Waals surface area contributed by atoms with E-state index in [4.69, 9.17) is 5.26 Å². The summed E-state index contributed by atoms with van der Waals surface area (Å²) < 4.78 is 1.77. The summed E-state index contributed by atoms with van der Waals surface area (Å²) in [7, 11) is 1.78. The molecule has 3 aromatic rings. The lowest BCUT2D eigenvalue weighted by atomic mass is 10.1. The van der Waals surface area contributed by atoms with Gasteiger partial charge in [-0.25, -0.2) is 4.68 Å². The summed E-state index contributed by atoms with van der Waals surface area (Å²) in [6.07, 6.45) is 3.91. The van der Waals surface area contributed by atoms with E-state index in [2.05, 4.69) is 11.2 Å². The van der Waals surface area contributed by atoms with E-state index in [1.807, 2.05) is 48.7 Å². The molecule has 1 aromatic heterocycles. The Balaban J connectivity index is 1.61. The molecule has 0 unspecified atom stereocenters. The molecule has 5 nitrogen and oxygen atoms in total. The van der Waals surface area contributed by atoms with Crippen LogP contribution in [0.3, 0.4) is 0 Å². The molecule has 124 valence electrons. The van der Waals surface area contributed by atoms with Crippen LogP contribution in [0, 0.1) is 11.3 Å². The minimum atomic E-state index is 0.0250. The van der Waals surface area contributed by atoms with Crippen molar-refractivity contribution < 1.29 is 4.79 Å². The lowest BCUT2D eigenvalue weighted by Gasteiger charge is -2.17.